The van der Waals surface area contributed by atoms with E-state index in [2.05, 4.69) is 15.0 Å². The Morgan fingerprint density at radius 3 is 2.23 bits per heavy atom. The van der Waals surface area contributed by atoms with Gasteiger partial charge in [0.15, 0.2) is 16.9 Å². The first-order valence-electron chi connectivity index (χ1n) is 10.0. The third-order valence-electron chi connectivity index (χ3n) is 5.24. The number of aromatic nitrogens is 4. The van der Waals surface area contributed by atoms with Crippen molar-refractivity contribution >= 4 is 22.8 Å². The predicted molar refractivity (Wildman–Crippen MR) is 116 cm³/mol. The molecular weight excluding hydrogens is 416 g/mol. The molecule has 2 aromatic heterocycles. The van der Waals surface area contributed by atoms with Crippen molar-refractivity contribution in [2.45, 2.75) is 38.9 Å². The van der Waals surface area contributed by atoms with Crippen LogP contribution >= 0.6 is 11.6 Å². The smallest absolute Gasteiger partial charge is 0.239 e. The van der Waals surface area contributed by atoms with Gasteiger partial charge in [-0.15, -0.1) is 0 Å². The molecule has 8 heteroatoms. The highest BCUT2D eigenvalue weighted by atomic mass is 35.5. The minimum Gasteiger partial charge on any atom is -0.484 e. The number of nitrogens with zero attached hydrogens (tertiary/aromatic N) is 4. The second kappa shape index (κ2) is 8.17. The van der Waals surface area contributed by atoms with E-state index in [-0.39, 0.29) is 12.3 Å². The van der Waals surface area contributed by atoms with Gasteiger partial charge in [0.1, 0.15) is 29.6 Å². The van der Waals surface area contributed by atoms with Crippen LogP contribution in [0.15, 0.2) is 61.2 Å². The van der Waals surface area contributed by atoms with Gasteiger partial charge < -0.3 is 14.2 Å². The normalized spacial score (nSPS) is 20.8. The summed E-state index contributed by atoms with van der Waals surface area (Å²) in [6.07, 6.45) is 2.25. The second-order valence-corrected chi connectivity index (χ2v) is 7.94. The predicted octanol–water partition coefficient (Wildman–Crippen LogP) is 4.87. The van der Waals surface area contributed by atoms with Crippen molar-refractivity contribution in [3.63, 3.8) is 0 Å². The first kappa shape index (κ1) is 19.8. The Morgan fingerprint density at radius 1 is 0.903 bits per heavy atom. The molecule has 31 heavy (non-hydrogen) atoms. The zero-order chi connectivity index (χ0) is 21.4. The van der Waals surface area contributed by atoms with Gasteiger partial charge in [0.05, 0.1) is 6.33 Å². The van der Waals surface area contributed by atoms with Crippen molar-refractivity contribution in [1.82, 2.24) is 19.5 Å². The van der Waals surface area contributed by atoms with E-state index in [4.69, 9.17) is 25.8 Å². The zero-order valence-corrected chi connectivity index (χ0v) is 17.9. The molecule has 0 saturated carbocycles. The highest BCUT2D eigenvalue weighted by molar-refractivity contribution is 6.33. The summed E-state index contributed by atoms with van der Waals surface area (Å²) < 4.78 is 20.5. The summed E-state index contributed by atoms with van der Waals surface area (Å²) in [5.74, 6) is 1.47. The van der Waals surface area contributed by atoms with E-state index in [1.807, 2.05) is 66.9 Å². The number of imidazole rings is 1. The van der Waals surface area contributed by atoms with E-state index in [9.17, 15) is 0 Å². The number of ether oxygens (including phenoxy) is 3. The van der Waals surface area contributed by atoms with Crippen LogP contribution in [0.5, 0.6) is 11.5 Å². The fraction of sp³-hybridized carbons (Fsp3) is 0.261. The lowest BCUT2D eigenvalue weighted by Gasteiger charge is -2.21. The van der Waals surface area contributed by atoms with Crippen molar-refractivity contribution in [1.29, 1.82) is 0 Å². The van der Waals surface area contributed by atoms with Crippen LogP contribution in [0.25, 0.3) is 11.2 Å². The molecule has 7 nitrogen and oxygen atoms in total. The first-order chi connectivity index (χ1) is 15.1. The zero-order valence-electron chi connectivity index (χ0n) is 17.1. The van der Waals surface area contributed by atoms with Crippen LogP contribution in [0.4, 0.5) is 0 Å². The maximum atomic E-state index is 6.31. The lowest BCUT2D eigenvalue weighted by Crippen LogP contribution is -2.32. The Balaban J connectivity index is 1.44. The molecule has 1 aliphatic heterocycles. The molecule has 158 valence electrons. The van der Waals surface area contributed by atoms with E-state index in [1.165, 1.54) is 11.9 Å². The maximum absolute atomic E-state index is 6.31. The molecule has 3 atom stereocenters. The van der Waals surface area contributed by atoms with Gasteiger partial charge in [-0.05, 0) is 38.1 Å². The number of aryl methyl sites for hydroxylation is 2. The van der Waals surface area contributed by atoms with Crippen LogP contribution in [0.2, 0.25) is 5.15 Å². The number of hydrogen-bond donors (Lipinski definition) is 0. The largest absolute Gasteiger partial charge is 0.484 e. The summed E-state index contributed by atoms with van der Waals surface area (Å²) in [5, 5.41) is 0.324. The van der Waals surface area contributed by atoms with Crippen LogP contribution < -0.4 is 9.47 Å². The quantitative estimate of drug-likeness (QED) is 0.416. The number of benzene rings is 2. The highest BCUT2D eigenvalue weighted by Crippen LogP contribution is 2.36. The first-order valence-corrected chi connectivity index (χ1v) is 10.4. The molecule has 5 rings (SSSR count). The second-order valence-electron chi connectivity index (χ2n) is 7.58. The molecular formula is C23H21ClN4O3. The van der Waals surface area contributed by atoms with E-state index < -0.39 is 6.29 Å². The molecule has 1 saturated heterocycles. The van der Waals surface area contributed by atoms with Crippen molar-refractivity contribution < 1.29 is 14.2 Å². The molecule has 0 bridgehead atoms. The van der Waals surface area contributed by atoms with Gasteiger partial charge in [-0.1, -0.05) is 47.0 Å². The molecule has 3 heterocycles. The topological polar surface area (TPSA) is 71.3 Å². The number of fused-ring (bicyclic) bond motifs is 1. The van der Waals surface area contributed by atoms with Crippen LogP contribution in [0, 0.1) is 13.8 Å². The van der Waals surface area contributed by atoms with Crippen LogP contribution in [0.3, 0.4) is 0 Å². The van der Waals surface area contributed by atoms with Gasteiger partial charge >= 0.3 is 0 Å². The molecule has 2 aromatic carbocycles. The summed E-state index contributed by atoms with van der Waals surface area (Å²) in [4.78, 5) is 12.6. The fourth-order valence-corrected chi connectivity index (χ4v) is 3.82. The summed E-state index contributed by atoms with van der Waals surface area (Å²) in [6.45, 7) is 4.07. The molecule has 1 aliphatic rings. The van der Waals surface area contributed by atoms with Crippen molar-refractivity contribution in [3.8, 4) is 11.5 Å². The van der Waals surface area contributed by atoms with Gasteiger partial charge in [-0.3, -0.25) is 4.57 Å². The molecule has 0 unspecified atom stereocenters. The monoisotopic (exact) mass is 436 g/mol. The Kier molecular flexibility index (Phi) is 5.21. The number of rotatable bonds is 5. The standard InChI is InChI=1S/C23H21ClN4O3/c1-14-3-7-16(8-4-14)29-18-11-19(28-13-27-22-20(28)21(24)25-12-26-22)31-23(18)30-17-9-5-15(2)6-10-17/h3-10,12-13,18-19,23H,11H2,1-2H3/t18-,19+,23+/m0/s1. The third-order valence-corrected chi connectivity index (χ3v) is 5.52. The lowest BCUT2D eigenvalue weighted by atomic mass is 10.2. The van der Waals surface area contributed by atoms with E-state index >= 15 is 0 Å². The lowest BCUT2D eigenvalue weighted by molar-refractivity contribution is -0.120. The minimum absolute atomic E-state index is 0.324. The molecule has 0 aliphatic carbocycles. The molecule has 1 fully saturated rings. The molecule has 0 amide bonds. The summed E-state index contributed by atoms with van der Waals surface area (Å²) in [6, 6.07) is 15.8. The van der Waals surface area contributed by atoms with E-state index in [1.54, 1.807) is 6.33 Å². The Hall–Kier alpha value is -3.16. The number of halogens is 1. The summed E-state index contributed by atoms with van der Waals surface area (Å²) in [7, 11) is 0. The minimum atomic E-state index is -0.616. The number of hydrogen-bond acceptors (Lipinski definition) is 6. The van der Waals surface area contributed by atoms with E-state index in [0.717, 1.165) is 11.3 Å². The van der Waals surface area contributed by atoms with Crippen molar-refractivity contribution in [2.24, 2.45) is 0 Å². The molecule has 0 spiro atoms. The summed E-state index contributed by atoms with van der Waals surface area (Å²) >= 11 is 6.31. The Bertz CT molecular complexity index is 1140. The summed E-state index contributed by atoms with van der Waals surface area (Å²) in [5.41, 5.74) is 3.46. The fourth-order valence-electron chi connectivity index (χ4n) is 3.60. The van der Waals surface area contributed by atoms with Gasteiger partial charge in [0.25, 0.3) is 0 Å². The average molecular weight is 437 g/mol. The molecule has 4 aromatic rings. The van der Waals surface area contributed by atoms with Crippen LogP contribution in [0.1, 0.15) is 23.8 Å². The van der Waals surface area contributed by atoms with Crippen LogP contribution in [-0.2, 0) is 4.74 Å². The third kappa shape index (κ3) is 4.06. The Labute approximate surface area is 184 Å². The molecule has 0 radical (unpaired) electrons. The van der Waals surface area contributed by atoms with Crippen molar-refractivity contribution in [2.75, 3.05) is 0 Å². The van der Waals surface area contributed by atoms with Gasteiger partial charge in [-0.2, -0.15) is 0 Å². The SMILES string of the molecule is Cc1ccc(O[C@@H]2O[C@@H](n3cnc4ncnc(Cl)c43)C[C@@H]2Oc2ccc(C)cc2)cc1. The van der Waals surface area contributed by atoms with Gasteiger partial charge in [0.2, 0.25) is 6.29 Å². The van der Waals surface area contributed by atoms with Gasteiger partial charge in [0, 0.05) is 6.42 Å². The maximum Gasteiger partial charge on any atom is 0.239 e. The van der Waals surface area contributed by atoms with Crippen LogP contribution in [-0.4, -0.2) is 31.9 Å². The van der Waals surface area contributed by atoms with Crippen molar-refractivity contribution in [3.05, 3.63) is 77.5 Å². The van der Waals surface area contributed by atoms with Gasteiger partial charge in [-0.25, -0.2) is 15.0 Å². The van der Waals surface area contributed by atoms with E-state index in [0.29, 0.717) is 28.5 Å². The Morgan fingerprint density at radius 2 is 1.55 bits per heavy atom. The highest BCUT2D eigenvalue weighted by Gasteiger charge is 2.40. The average Bonchev–Trinajstić information content (AvgIpc) is 3.36. The molecule has 0 N–H and O–H groups in total.